The molecule has 3 nitrogen and oxygen atoms in total. The summed E-state index contributed by atoms with van der Waals surface area (Å²) in [5.41, 5.74) is 2.50. The summed E-state index contributed by atoms with van der Waals surface area (Å²) in [6.45, 7) is 4.62. The Kier molecular flexibility index (Phi) is 5.29. The number of aliphatic hydroxyl groups is 1. The Labute approximate surface area is 140 Å². The zero-order chi connectivity index (χ0) is 14.9. The highest BCUT2D eigenvalue weighted by atomic mass is 79.9. The zero-order valence-electron chi connectivity index (χ0n) is 11.2. The average molecular weight is 423 g/mol. The van der Waals surface area contributed by atoms with Crippen LogP contribution in [-0.4, -0.2) is 14.9 Å². The number of hydrogen-bond acceptors (Lipinski definition) is 2. The number of hydrogen-bond donors (Lipinski definition) is 1. The molecule has 0 fully saturated rings. The van der Waals surface area contributed by atoms with E-state index < -0.39 is 6.10 Å². The summed E-state index contributed by atoms with van der Waals surface area (Å²) in [7, 11) is 0. The van der Waals surface area contributed by atoms with Crippen LogP contribution < -0.4 is 0 Å². The van der Waals surface area contributed by atoms with Crippen molar-refractivity contribution in [3.05, 3.63) is 49.1 Å². The lowest BCUT2D eigenvalue weighted by Gasteiger charge is -2.14. The first-order chi connectivity index (χ1) is 9.43. The minimum absolute atomic E-state index is 0.438. The fraction of sp³-hybridized carbons (Fsp3) is 0.357. The maximum Gasteiger partial charge on any atom is 0.0856 e. The van der Waals surface area contributed by atoms with Crippen LogP contribution in [0.25, 0.3) is 0 Å². The van der Waals surface area contributed by atoms with Crippen molar-refractivity contribution in [1.29, 1.82) is 0 Å². The minimum atomic E-state index is -0.628. The van der Waals surface area contributed by atoms with Crippen LogP contribution in [0.4, 0.5) is 0 Å². The van der Waals surface area contributed by atoms with Gasteiger partial charge in [-0.1, -0.05) is 49.5 Å². The van der Waals surface area contributed by atoms with E-state index in [0.717, 1.165) is 32.4 Å². The van der Waals surface area contributed by atoms with Crippen LogP contribution >= 0.6 is 43.5 Å². The van der Waals surface area contributed by atoms with Gasteiger partial charge in [-0.15, -0.1) is 0 Å². The highest BCUT2D eigenvalue weighted by Crippen LogP contribution is 2.31. The van der Waals surface area contributed by atoms with E-state index in [1.165, 1.54) is 0 Å². The van der Waals surface area contributed by atoms with E-state index in [-0.39, 0.29) is 0 Å². The van der Waals surface area contributed by atoms with Gasteiger partial charge in [-0.3, -0.25) is 4.68 Å². The van der Waals surface area contributed by atoms with E-state index in [2.05, 4.69) is 37.0 Å². The molecule has 0 aliphatic carbocycles. The topological polar surface area (TPSA) is 38.0 Å². The third kappa shape index (κ3) is 3.27. The summed E-state index contributed by atoms with van der Waals surface area (Å²) in [4.78, 5) is 0. The van der Waals surface area contributed by atoms with E-state index in [9.17, 15) is 5.11 Å². The maximum atomic E-state index is 10.5. The zero-order valence-corrected chi connectivity index (χ0v) is 15.1. The Morgan fingerprint density at radius 1 is 1.40 bits per heavy atom. The highest BCUT2D eigenvalue weighted by Gasteiger charge is 2.19. The third-order valence-corrected chi connectivity index (χ3v) is 4.83. The van der Waals surface area contributed by atoms with E-state index in [1.54, 1.807) is 0 Å². The molecule has 0 bridgehead atoms. The molecule has 1 N–H and O–H groups in total. The predicted octanol–water partition coefficient (Wildman–Crippen LogP) is 4.67. The van der Waals surface area contributed by atoms with E-state index in [0.29, 0.717) is 11.4 Å². The van der Waals surface area contributed by atoms with Crippen molar-refractivity contribution in [1.82, 2.24) is 9.78 Å². The molecular formula is C14H15Br2ClN2O. The largest absolute Gasteiger partial charge is 0.388 e. The van der Waals surface area contributed by atoms with Crippen molar-refractivity contribution < 1.29 is 5.11 Å². The van der Waals surface area contributed by atoms with Crippen LogP contribution in [0, 0.1) is 6.92 Å². The second-order valence-corrected chi connectivity index (χ2v) is 6.70. The lowest BCUT2D eigenvalue weighted by molar-refractivity contribution is 0.174. The number of aliphatic hydroxyl groups excluding tert-OH is 1. The predicted molar refractivity (Wildman–Crippen MR) is 88.2 cm³/mol. The first kappa shape index (κ1) is 16.0. The summed E-state index contributed by atoms with van der Waals surface area (Å²) in [6.07, 6.45) is -0.190. The van der Waals surface area contributed by atoms with Crippen LogP contribution in [0.5, 0.6) is 0 Å². The molecule has 0 saturated carbocycles. The van der Waals surface area contributed by atoms with Gasteiger partial charge in [-0.05, 0) is 31.5 Å². The van der Waals surface area contributed by atoms with E-state index >= 15 is 0 Å². The smallest absolute Gasteiger partial charge is 0.0856 e. The molecule has 0 aliphatic heterocycles. The number of nitrogens with zero attached hydrogens (tertiary/aromatic N) is 2. The Hall–Kier alpha value is -0.360. The number of rotatable bonds is 4. The van der Waals surface area contributed by atoms with E-state index in [1.807, 2.05) is 36.7 Å². The summed E-state index contributed by atoms with van der Waals surface area (Å²) in [6, 6.07) is 5.72. The molecular weight excluding hydrogens is 407 g/mol. The van der Waals surface area contributed by atoms with Gasteiger partial charge in [0.1, 0.15) is 0 Å². The molecule has 0 amide bonds. The molecule has 1 aromatic carbocycles. The second-order valence-electron chi connectivity index (χ2n) is 4.55. The van der Waals surface area contributed by atoms with Gasteiger partial charge in [0.15, 0.2) is 0 Å². The third-order valence-electron chi connectivity index (χ3n) is 3.16. The van der Waals surface area contributed by atoms with Crippen LogP contribution in [0.15, 0.2) is 27.1 Å². The first-order valence-electron chi connectivity index (χ1n) is 6.28. The molecule has 1 atom stereocenters. The van der Waals surface area contributed by atoms with Crippen LogP contribution in [0.2, 0.25) is 5.02 Å². The first-order valence-corrected chi connectivity index (χ1v) is 8.25. The summed E-state index contributed by atoms with van der Waals surface area (Å²) >= 11 is 13.2. The minimum Gasteiger partial charge on any atom is -0.388 e. The molecule has 20 heavy (non-hydrogen) atoms. The Morgan fingerprint density at radius 3 is 2.70 bits per heavy atom. The average Bonchev–Trinajstić information content (AvgIpc) is 2.66. The Bertz CT molecular complexity index is 628. The fourth-order valence-corrected chi connectivity index (χ4v) is 3.65. The van der Waals surface area contributed by atoms with Crippen LogP contribution in [0.3, 0.4) is 0 Å². The number of aryl methyl sites for hydroxylation is 2. The maximum absolute atomic E-state index is 10.5. The van der Waals surface area contributed by atoms with Crippen molar-refractivity contribution >= 4 is 43.5 Å². The molecule has 1 heterocycles. The molecule has 0 radical (unpaired) electrons. The molecule has 0 aliphatic rings. The normalized spacial score (nSPS) is 12.7. The molecule has 6 heteroatoms. The summed E-state index contributed by atoms with van der Waals surface area (Å²) in [5, 5.41) is 15.5. The highest BCUT2D eigenvalue weighted by molar-refractivity contribution is 9.11. The van der Waals surface area contributed by atoms with Gasteiger partial charge in [0, 0.05) is 21.9 Å². The van der Waals surface area contributed by atoms with Crippen molar-refractivity contribution in [3.63, 3.8) is 0 Å². The van der Waals surface area contributed by atoms with Gasteiger partial charge in [0.05, 0.1) is 22.5 Å². The quantitative estimate of drug-likeness (QED) is 0.778. The van der Waals surface area contributed by atoms with Crippen molar-refractivity contribution in [2.45, 2.75) is 32.9 Å². The molecule has 1 unspecified atom stereocenters. The van der Waals surface area contributed by atoms with Crippen molar-refractivity contribution in [2.24, 2.45) is 0 Å². The van der Waals surface area contributed by atoms with Gasteiger partial charge < -0.3 is 5.11 Å². The monoisotopic (exact) mass is 420 g/mol. The van der Waals surface area contributed by atoms with Gasteiger partial charge in [0.2, 0.25) is 0 Å². The number of halogens is 3. The lowest BCUT2D eigenvalue weighted by Crippen LogP contribution is -2.09. The fourth-order valence-electron chi connectivity index (χ4n) is 2.13. The SMILES string of the molecule is CCn1nc(C)c(Cl)c1CC(O)c1ccc(Br)cc1Br. The van der Waals surface area contributed by atoms with Gasteiger partial charge in [-0.2, -0.15) is 5.10 Å². The molecule has 2 aromatic rings. The van der Waals surface area contributed by atoms with E-state index in [4.69, 9.17) is 11.6 Å². The Balaban J connectivity index is 2.30. The van der Waals surface area contributed by atoms with Gasteiger partial charge in [-0.25, -0.2) is 0 Å². The van der Waals surface area contributed by atoms with Crippen LogP contribution in [0.1, 0.15) is 30.0 Å². The molecule has 0 spiro atoms. The summed E-state index contributed by atoms with van der Waals surface area (Å²) in [5.74, 6) is 0. The Morgan fingerprint density at radius 2 is 2.10 bits per heavy atom. The number of benzene rings is 1. The number of aromatic nitrogens is 2. The van der Waals surface area contributed by atoms with Crippen LogP contribution in [-0.2, 0) is 13.0 Å². The molecule has 0 saturated heterocycles. The standard InChI is InChI=1S/C14H15Br2ClN2O/c1-3-19-12(14(17)8(2)18-19)7-13(20)10-5-4-9(15)6-11(10)16/h4-6,13,20H,3,7H2,1-2H3. The second kappa shape index (κ2) is 6.60. The molecule has 2 rings (SSSR count). The lowest BCUT2D eigenvalue weighted by atomic mass is 10.0. The molecule has 1 aromatic heterocycles. The molecule has 108 valence electrons. The summed E-state index contributed by atoms with van der Waals surface area (Å²) < 4.78 is 3.68. The van der Waals surface area contributed by atoms with Crippen molar-refractivity contribution in [3.8, 4) is 0 Å². The van der Waals surface area contributed by atoms with Gasteiger partial charge >= 0.3 is 0 Å². The van der Waals surface area contributed by atoms with Gasteiger partial charge in [0.25, 0.3) is 0 Å². The van der Waals surface area contributed by atoms with Crippen molar-refractivity contribution in [2.75, 3.05) is 0 Å².